The molecule has 1 aromatic carbocycles. The van der Waals surface area contributed by atoms with Crippen LogP contribution in [0.2, 0.25) is 0 Å². The Hall–Kier alpha value is -1.89. The lowest BCUT2D eigenvalue weighted by atomic mass is 10.2. The summed E-state index contributed by atoms with van der Waals surface area (Å²) in [6.45, 7) is 2.61. The van der Waals surface area contributed by atoms with E-state index in [-0.39, 0.29) is 5.95 Å². The number of benzene rings is 1. The Kier molecular flexibility index (Phi) is 4.19. The van der Waals surface area contributed by atoms with Gasteiger partial charge < -0.3 is 16.0 Å². The van der Waals surface area contributed by atoms with Crippen LogP contribution in [0.1, 0.15) is 18.4 Å². The van der Waals surface area contributed by atoms with E-state index in [0.717, 1.165) is 23.1 Å². The molecule has 0 atom stereocenters. The fraction of sp³-hybridized carbons (Fsp3) is 0.357. The molecular weight excluding hydrogens is 332 g/mol. The highest BCUT2D eigenvalue weighted by Crippen LogP contribution is 2.18. The van der Waals surface area contributed by atoms with Gasteiger partial charge in [-0.15, -0.1) is 0 Å². The van der Waals surface area contributed by atoms with Gasteiger partial charge in [0.05, 0.1) is 0 Å². The fourth-order valence-electron chi connectivity index (χ4n) is 2.30. The average molecular weight is 349 g/mol. The Balaban J connectivity index is 1.71. The zero-order valence-corrected chi connectivity index (χ0v) is 13.2. The van der Waals surface area contributed by atoms with E-state index in [1.54, 1.807) is 0 Å². The molecule has 0 saturated carbocycles. The van der Waals surface area contributed by atoms with Crippen LogP contribution in [-0.4, -0.2) is 28.0 Å². The molecule has 0 amide bonds. The number of nitrogens with one attached hydrogen (secondary N) is 1. The molecular formula is C14H17BrN6. The van der Waals surface area contributed by atoms with E-state index in [1.165, 1.54) is 12.8 Å². The second-order valence-electron chi connectivity index (χ2n) is 4.99. The third-order valence-electron chi connectivity index (χ3n) is 3.39. The van der Waals surface area contributed by atoms with Crippen LogP contribution in [0.3, 0.4) is 0 Å². The summed E-state index contributed by atoms with van der Waals surface area (Å²) in [6.07, 6.45) is 2.35. The first-order valence-corrected chi connectivity index (χ1v) is 7.75. The van der Waals surface area contributed by atoms with Crippen molar-refractivity contribution >= 4 is 33.8 Å². The van der Waals surface area contributed by atoms with Crippen molar-refractivity contribution in [2.24, 2.45) is 0 Å². The number of halogens is 1. The molecule has 1 aliphatic heterocycles. The van der Waals surface area contributed by atoms with Gasteiger partial charge in [0.25, 0.3) is 0 Å². The second kappa shape index (κ2) is 6.26. The molecule has 6 nitrogen and oxygen atoms in total. The molecule has 0 radical (unpaired) electrons. The number of nitrogens with two attached hydrogens (primary N) is 1. The minimum absolute atomic E-state index is 0.255. The van der Waals surface area contributed by atoms with Crippen LogP contribution in [-0.2, 0) is 6.54 Å². The van der Waals surface area contributed by atoms with E-state index >= 15 is 0 Å². The lowest BCUT2D eigenvalue weighted by molar-refractivity contribution is 0.881. The molecule has 1 fully saturated rings. The number of nitrogen functional groups attached to an aromatic ring is 1. The number of anilines is 3. The molecule has 21 heavy (non-hydrogen) atoms. The molecule has 3 rings (SSSR count). The van der Waals surface area contributed by atoms with Crippen LogP contribution < -0.4 is 16.0 Å². The third kappa shape index (κ3) is 3.60. The molecule has 2 aromatic rings. The van der Waals surface area contributed by atoms with Gasteiger partial charge in [-0.3, -0.25) is 0 Å². The fourth-order valence-corrected chi connectivity index (χ4v) is 2.57. The molecule has 0 aliphatic carbocycles. The first kappa shape index (κ1) is 14.1. The lowest BCUT2D eigenvalue weighted by Gasteiger charge is -2.16. The van der Waals surface area contributed by atoms with E-state index in [4.69, 9.17) is 5.73 Å². The van der Waals surface area contributed by atoms with E-state index in [2.05, 4.69) is 41.1 Å². The Morgan fingerprint density at radius 2 is 1.81 bits per heavy atom. The van der Waals surface area contributed by atoms with Gasteiger partial charge in [0.2, 0.25) is 17.8 Å². The topological polar surface area (TPSA) is 80.0 Å². The average Bonchev–Trinajstić information content (AvgIpc) is 3.00. The van der Waals surface area contributed by atoms with Crippen molar-refractivity contribution in [1.82, 2.24) is 15.0 Å². The SMILES string of the molecule is Nc1nc(NCc2ccc(Br)cc2)nc(N2CCCC2)n1. The highest BCUT2D eigenvalue weighted by molar-refractivity contribution is 9.10. The molecule has 0 unspecified atom stereocenters. The van der Waals surface area contributed by atoms with E-state index < -0.39 is 0 Å². The van der Waals surface area contributed by atoms with Crippen LogP contribution in [0.4, 0.5) is 17.8 Å². The van der Waals surface area contributed by atoms with Gasteiger partial charge >= 0.3 is 0 Å². The predicted molar refractivity (Wildman–Crippen MR) is 87.2 cm³/mol. The quantitative estimate of drug-likeness (QED) is 0.883. The Morgan fingerprint density at radius 1 is 1.10 bits per heavy atom. The maximum absolute atomic E-state index is 5.78. The summed E-state index contributed by atoms with van der Waals surface area (Å²) in [4.78, 5) is 15.0. The molecule has 0 bridgehead atoms. The van der Waals surface area contributed by atoms with E-state index in [0.29, 0.717) is 18.4 Å². The summed E-state index contributed by atoms with van der Waals surface area (Å²) in [5.41, 5.74) is 6.93. The van der Waals surface area contributed by atoms with Crippen molar-refractivity contribution in [3.8, 4) is 0 Å². The van der Waals surface area contributed by atoms with Crippen molar-refractivity contribution in [3.63, 3.8) is 0 Å². The molecule has 1 aromatic heterocycles. The number of hydrogen-bond donors (Lipinski definition) is 2. The highest BCUT2D eigenvalue weighted by atomic mass is 79.9. The van der Waals surface area contributed by atoms with Crippen molar-refractivity contribution < 1.29 is 0 Å². The Morgan fingerprint density at radius 3 is 2.52 bits per heavy atom. The summed E-state index contributed by atoms with van der Waals surface area (Å²) in [7, 11) is 0. The van der Waals surface area contributed by atoms with Crippen molar-refractivity contribution in [2.75, 3.05) is 29.0 Å². The third-order valence-corrected chi connectivity index (χ3v) is 3.92. The largest absolute Gasteiger partial charge is 0.368 e. The Bertz CT molecular complexity index is 609. The number of nitrogens with zero attached hydrogens (tertiary/aromatic N) is 4. The maximum atomic E-state index is 5.78. The van der Waals surface area contributed by atoms with Crippen molar-refractivity contribution in [2.45, 2.75) is 19.4 Å². The van der Waals surface area contributed by atoms with Crippen LogP contribution in [0, 0.1) is 0 Å². The maximum Gasteiger partial charge on any atom is 0.231 e. The van der Waals surface area contributed by atoms with Gasteiger partial charge in [0.15, 0.2) is 0 Å². The molecule has 1 aliphatic rings. The first-order valence-electron chi connectivity index (χ1n) is 6.95. The summed E-state index contributed by atoms with van der Waals surface area (Å²) >= 11 is 3.42. The zero-order valence-electron chi connectivity index (χ0n) is 11.6. The standard InChI is InChI=1S/C14H17BrN6/c15-11-5-3-10(4-6-11)9-17-13-18-12(16)19-14(20-13)21-7-1-2-8-21/h3-6H,1-2,7-9H2,(H3,16,17,18,19,20). The summed E-state index contributed by atoms with van der Waals surface area (Å²) in [5.74, 6) is 1.44. The monoisotopic (exact) mass is 348 g/mol. The normalized spacial score (nSPS) is 14.4. The summed E-state index contributed by atoms with van der Waals surface area (Å²) < 4.78 is 1.06. The predicted octanol–water partition coefficient (Wildman–Crippen LogP) is 2.43. The molecule has 7 heteroatoms. The van der Waals surface area contributed by atoms with Crippen molar-refractivity contribution in [3.05, 3.63) is 34.3 Å². The highest BCUT2D eigenvalue weighted by Gasteiger charge is 2.16. The molecule has 0 spiro atoms. The molecule has 2 heterocycles. The van der Waals surface area contributed by atoms with Crippen molar-refractivity contribution in [1.29, 1.82) is 0 Å². The van der Waals surface area contributed by atoms with Gasteiger partial charge in [-0.1, -0.05) is 28.1 Å². The van der Waals surface area contributed by atoms with E-state index in [9.17, 15) is 0 Å². The van der Waals surface area contributed by atoms with Gasteiger partial charge in [-0.05, 0) is 30.5 Å². The zero-order chi connectivity index (χ0) is 14.7. The van der Waals surface area contributed by atoms with Crippen LogP contribution in [0.15, 0.2) is 28.7 Å². The smallest absolute Gasteiger partial charge is 0.231 e. The van der Waals surface area contributed by atoms with E-state index in [1.807, 2.05) is 24.3 Å². The minimum atomic E-state index is 0.255. The molecule has 110 valence electrons. The summed E-state index contributed by atoms with van der Waals surface area (Å²) in [6, 6.07) is 8.11. The number of aromatic nitrogens is 3. The second-order valence-corrected chi connectivity index (χ2v) is 5.91. The van der Waals surface area contributed by atoms with Gasteiger partial charge in [0.1, 0.15) is 0 Å². The molecule has 1 saturated heterocycles. The summed E-state index contributed by atoms with van der Waals surface area (Å²) in [5, 5.41) is 3.20. The van der Waals surface area contributed by atoms with Crippen LogP contribution >= 0.6 is 15.9 Å². The Labute approximate surface area is 131 Å². The van der Waals surface area contributed by atoms with Crippen LogP contribution in [0.5, 0.6) is 0 Å². The first-order chi connectivity index (χ1) is 10.2. The molecule has 3 N–H and O–H groups in total. The lowest BCUT2D eigenvalue weighted by Crippen LogP contribution is -2.22. The van der Waals surface area contributed by atoms with Gasteiger partial charge in [-0.2, -0.15) is 15.0 Å². The number of rotatable bonds is 4. The van der Waals surface area contributed by atoms with Crippen LogP contribution in [0.25, 0.3) is 0 Å². The number of hydrogen-bond acceptors (Lipinski definition) is 6. The van der Waals surface area contributed by atoms with Gasteiger partial charge in [-0.25, -0.2) is 0 Å². The van der Waals surface area contributed by atoms with Gasteiger partial charge in [0, 0.05) is 24.1 Å². The minimum Gasteiger partial charge on any atom is -0.368 e.